The largest absolute Gasteiger partial charge is 0.483 e. The summed E-state index contributed by atoms with van der Waals surface area (Å²) in [6, 6.07) is 2.88. The number of piperidine rings is 1. The average Bonchev–Trinajstić information content (AvgIpc) is 3.09. The van der Waals surface area contributed by atoms with E-state index in [1.807, 2.05) is 25.1 Å². The smallest absolute Gasteiger partial charge is 0.260 e. The first kappa shape index (κ1) is 21.1. The van der Waals surface area contributed by atoms with Crippen LogP contribution in [0.5, 0.6) is 5.75 Å². The third-order valence-corrected chi connectivity index (χ3v) is 5.94. The molecule has 4 amide bonds. The van der Waals surface area contributed by atoms with E-state index >= 15 is 0 Å². The first-order valence-electron chi connectivity index (χ1n) is 10.5. The molecule has 10 nitrogen and oxygen atoms in total. The summed E-state index contributed by atoms with van der Waals surface area (Å²) in [6.07, 6.45) is 0.491. The molecule has 1 unspecified atom stereocenters. The normalized spacial score (nSPS) is 21.1. The van der Waals surface area contributed by atoms with Crippen molar-refractivity contribution in [2.75, 3.05) is 51.8 Å². The Balaban J connectivity index is 1.56. The lowest BCUT2D eigenvalue weighted by Crippen LogP contribution is -2.52. The Morgan fingerprint density at radius 2 is 1.94 bits per heavy atom. The number of nitrogens with zero attached hydrogens (tertiary/aromatic N) is 3. The number of fused-ring (bicyclic) bond motifs is 1. The van der Waals surface area contributed by atoms with Crippen LogP contribution >= 0.6 is 0 Å². The van der Waals surface area contributed by atoms with Crippen molar-refractivity contribution in [1.82, 2.24) is 20.4 Å². The van der Waals surface area contributed by atoms with E-state index in [0.717, 1.165) is 18.8 Å². The van der Waals surface area contributed by atoms with Gasteiger partial charge in [0.25, 0.3) is 11.8 Å². The third kappa shape index (κ3) is 4.20. The Labute approximate surface area is 180 Å². The summed E-state index contributed by atoms with van der Waals surface area (Å²) in [7, 11) is 3.71. The number of piperazine rings is 1. The number of carbonyl (C=O) groups is 4. The van der Waals surface area contributed by atoms with Crippen LogP contribution in [0, 0.1) is 0 Å². The van der Waals surface area contributed by atoms with Crippen molar-refractivity contribution < 1.29 is 23.9 Å². The van der Waals surface area contributed by atoms with Gasteiger partial charge in [-0.1, -0.05) is 0 Å². The summed E-state index contributed by atoms with van der Waals surface area (Å²) in [5.74, 6) is -0.687. The summed E-state index contributed by atoms with van der Waals surface area (Å²) < 4.78 is 5.91. The summed E-state index contributed by atoms with van der Waals surface area (Å²) in [5, 5.41) is 5.52. The van der Waals surface area contributed by atoms with E-state index in [-0.39, 0.29) is 37.3 Å². The van der Waals surface area contributed by atoms with E-state index in [4.69, 9.17) is 4.74 Å². The molecule has 3 heterocycles. The van der Waals surface area contributed by atoms with Gasteiger partial charge >= 0.3 is 0 Å². The summed E-state index contributed by atoms with van der Waals surface area (Å²) in [4.78, 5) is 54.6. The van der Waals surface area contributed by atoms with Crippen LogP contribution in [0.1, 0.15) is 28.8 Å². The molecule has 0 bridgehead atoms. The van der Waals surface area contributed by atoms with Gasteiger partial charge in [-0.05, 0) is 12.5 Å². The Kier molecular flexibility index (Phi) is 5.81. The van der Waals surface area contributed by atoms with Crippen LogP contribution in [0.3, 0.4) is 0 Å². The molecule has 0 aliphatic carbocycles. The van der Waals surface area contributed by atoms with Gasteiger partial charge in [-0.2, -0.15) is 0 Å². The minimum Gasteiger partial charge on any atom is -0.483 e. The molecule has 10 heteroatoms. The Bertz CT molecular complexity index is 925. The van der Waals surface area contributed by atoms with E-state index in [2.05, 4.69) is 10.6 Å². The molecular weight excluding hydrogens is 402 g/mol. The van der Waals surface area contributed by atoms with Gasteiger partial charge in [0, 0.05) is 64.0 Å². The SMILES string of the molecule is CN(C)c1cc(OCC(=O)N2CCNCC2)c2c(c1)C(=O)N(C1CCC(=O)NC1=O)C2. The number of rotatable bonds is 5. The number of hydrogen-bond acceptors (Lipinski definition) is 7. The molecule has 4 rings (SSSR count). The third-order valence-electron chi connectivity index (χ3n) is 5.94. The van der Waals surface area contributed by atoms with E-state index < -0.39 is 11.9 Å². The molecule has 1 atom stereocenters. The zero-order valence-corrected chi connectivity index (χ0v) is 17.8. The van der Waals surface area contributed by atoms with Crippen molar-refractivity contribution in [2.45, 2.75) is 25.4 Å². The van der Waals surface area contributed by atoms with E-state index in [1.54, 1.807) is 11.0 Å². The van der Waals surface area contributed by atoms with Crippen molar-refractivity contribution in [3.05, 3.63) is 23.3 Å². The molecule has 2 fully saturated rings. The standard InChI is InChI=1S/C21H27N5O5/c1-24(2)13-9-14-15(11-26(21(14)30)16-3-4-18(27)23-20(16)29)17(10-13)31-12-19(28)25-7-5-22-6-8-25/h9-10,16,22H,3-8,11-12H2,1-2H3,(H,23,27,29). The molecule has 2 saturated heterocycles. The minimum atomic E-state index is -0.698. The second kappa shape index (κ2) is 8.54. The second-order valence-electron chi connectivity index (χ2n) is 8.18. The number of amides is 4. The fraction of sp³-hybridized carbons (Fsp3) is 0.524. The average molecular weight is 429 g/mol. The maximum absolute atomic E-state index is 13.1. The molecule has 1 aromatic rings. The Hall–Kier alpha value is -3.14. The molecule has 1 aromatic carbocycles. The van der Waals surface area contributed by atoms with Gasteiger partial charge in [0.15, 0.2) is 6.61 Å². The van der Waals surface area contributed by atoms with Crippen LogP contribution in [0.4, 0.5) is 5.69 Å². The number of nitrogens with one attached hydrogen (secondary N) is 2. The first-order valence-corrected chi connectivity index (χ1v) is 10.5. The number of anilines is 1. The fourth-order valence-electron chi connectivity index (χ4n) is 4.14. The summed E-state index contributed by atoms with van der Waals surface area (Å²) in [6.45, 7) is 2.88. The topological polar surface area (TPSA) is 111 Å². The van der Waals surface area contributed by atoms with Gasteiger partial charge in [-0.15, -0.1) is 0 Å². The molecule has 0 spiro atoms. The van der Waals surface area contributed by atoms with Gasteiger partial charge in [0.05, 0.1) is 12.1 Å². The maximum Gasteiger partial charge on any atom is 0.260 e. The number of imide groups is 1. The van der Waals surface area contributed by atoms with Gasteiger partial charge in [0.1, 0.15) is 11.8 Å². The Morgan fingerprint density at radius 3 is 2.61 bits per heavy atom. The van der Waals surface area contributed by atoms with Crippen molar-refractivity contribution in [2.24, 2.45) is 0 Å². The summed E-state index contributed by atoms with van der Waals surface area (Å²) in [5.41, 5.74) is 1.88. The molecule has 3 aliphatic heterocycles. The molecule has 3 aliphatic rings. The lowest BCUT2D eigenvalue weighted by Gasteiger charge is -2.29. The lowest BCUT2D eigenvalue weighted by molar-refractivity contribution is -0.137. The van der Waals surface area contributed by atoms with Gasteiger partial charge in [0.2, 0.25) is 11.8 Å². The highest BCUT2D eigenvalue weighted by Gasteiger charge is 2.40. The van der Waals surface area contributed by atoms with Crippen LogP contribution in [0.25, 0.3) is 0 Å². The second-order valence-corrected chi connectivity index (χ2v) is 8.18. The number of carbonyl (C=O) groups excluding carboxylic acids is 4. The van der Waals surface area contributed by atoms with Gasteiger partial charge < -0.3 is 24.8 Å². The monoisotopic (exact) mass is 429 g/mol. The maximum atomic E-state index is 13.1. The molecule has 0 aromatic heterocycles. The highest BCUT2D eigenvalue weighted by Crippen LogP contribution is 2.37. The van der Waals surface area contributed by atoms with Crippen molar-refractivity contribution in [1.29, 1.82) is 0 Å². The highest BCUT2D eigenvalue weighted by molar-refractivity contribution is 6.06. The van der Waals surface area contributed by atoms with E-state index in [0.29, 0.717) is 36.4 Å². The Morgan fingerprint density at radius 1 is 1.19 bits per heavy atom. The van der Waals surface area contributed by atoms with Crippen LogP contribution in [-0.4, -0.2) is 86.4 Å². The zero-order valence-electron chi connectivity index (χ0n) is 17.8. The van der Waals surface area contributed by atoms with Gasteiger partial charge in [-0.25, -0.2) is 0 Å². The quantitative estimate of drug-likeness (QED) is 0.597. The predicted octanol–water partition coefficient (Wildman–Crippen LogP) is -0.676. The number of ether oxygens (including phenoxy) is 1. The van der Waals surface area contributed by atoms with Crippen molar-refractivity contribution in [3.8, 4) is 5.75 Å². The highest BCUT2D eigenvalue weighted by atomic mass is 16.5. The van der Waals surface area contributed by atoms with Crippen LogP contribution in [0.15, 0.2) is 12.1 Å². The summed E-state index contributed by atoms with van der Waals surface area (Å²) >= 11 is 0. The van der Waals surface area contributed by atoms with Crippen molar-refractivity contribution >= 4 is 29.3 Å². The molecule has 0 saturated carbocycles. The van der Waals surface area contributed by atoms with Gasteiger partial charge in [-0.3, -0.25) is 24.5 Å². The first-order chi connectivity index (χ1) is 14.8. The van der Waals surface area contributed by atoms with Crippen LogP contribution in [-0.2, 0) is 20.9 Å². The van der Waals surface area contributed by atoms with Crippen LogP contribution in [0.2, 0.25) is 0 Å². The van der Waals surface area contributed by atoms with E-state index in [9.17, 15) is 19.2 Å². The molecule has 2 N–H and O–H groups in total. The lowest BCUT2D eigenvalue weighted by atomic mass is 10.0. The molecule has 166 valence electrons. The van der Waals surface area contributed by atoms with E-state index in [1.165, 1.54) is 4.90 Å². The molecular formula is C21H27N5O5. The van der Waals surface area contributed by atoms with Crippen molar-refractivity contribution in [3.63, 3.8) is 0 Å². The fourth-order valence-corrected chi connectivity index (χ4v) is 4.14. The van der Waals surface area contributed by atoms with Crippen LogP contribution < -0.4 is 20.3 Å². The zero-order chi connectivity index (χ0) is 22.1. The molecule has 31 heavy (non-hydrogen) atoms. The number of benzene rings is 1. The predicted molar refractivity (Wildman–Crippen MR) is 112 cm³/mol. The minimum absolute atomic E-state index is 0.100. The number of hydrogen-bond donors (Lipinski definition) is 2. The molecule has 0 radical (unpaired) electrons.